The quantitative estimate of drug-likeness (QED) is 0.144. The molecule has 13 rings (SSSR count). The highest BCUT2D eigenvalue weighted by molar-refractivity contribution is 6.12. The molecule has 2 aromatic heterocycles. The van der Waals surface area contributed by atoms with Crippen LogP contribution in [0.4, 0.5) is 17.1 Å². The van der Waals surface area contributed by atoms with Crippen LogP contribution in [0.25, 0.3) is 105 Å². The molecule has 0 aliphatic rings. The van der Waals surface area contributed by atoms with E-state index < -0.39 is 0 Å². The number of furan rings is 1. The third-order valence-electron chi connectivity index (χ3n) is 13.7. The standard InChI is InChI=1S/C66H44N2O/c1-2-11-45(12-3-1)46-21-23-47(24-22-46)50-29-37-54(38-30-50)67(56-43-35-53(36-44-56)58-16-10-20-65-66(58)61-15-6-9-19-64(61)69-65)55-39-31-51(32-40-55)48-25-27-49(28-26-48)52-33-41-57(42-34-52)68-62-17-7-4-13-59(62)60-14-5-8-18-63(60)68/h1-44H. The zero-order chi connectivity index (χ0) is 45.7. The van der Waals surface area contributed by atoms with Gasteiger partial charge in [0.2, 0.25) is 0 Å². The molecule has 0 amide bonds. The van der Waals surface area contributed by atoms with E-state index in [9.17, 15) is 0 Å². The van der Waals surface area contributed by atoms with E-state index in [-0.39, 0.29) is 0 Å². The molecule has 0 spiro atoms. The molecule has 11 aromatic carbocycles. The Balaban J connectivity index is 0.804. The Bertz CT molecular complexity index is 3890. The molecule has 0 bridgehead atoms. The third kappa shape index (κ3) is 7.25. The van der Waals surface area contributed by atoms with E-state index in [0.717, 1.165) is 61.4 Å². The molecule has 2 heterocycles. The molecule has 0 aliphatic heterocycles. The van der Waals surface area contributed by atoms with E-state index in [0.29, 0.717) is 0 Å². The molecule has 0 fully saturated rings. The van der Waals surface area contributed by atoms with Gasteiger partial charge in [-0.25, -0.2) is 0 Å². The smallest absolute Gasteiger partial charge is 0.136 e. The maximum absolute atomic E-state index is 6.26. The second-order valence-corrected chi connectivity index (χ2v) is 17.7. The van der Waals surface area contributed by atoms with Crippen LogP contribution in [-0.4, -0.2) is 4.57 Å². The maximum atomic E-state index is 6.26. The van der Waals surface area contributed by atoms with Crippen LogP contribution in [0.15, 0.2) is 271 Å². The van der Waals surface area contributed by atoms with Gasteiger partial charge in [-0.05, 0) is 128 Å². The molecule has 324 valence electrons. The zero-order valence-corrected chi connectivity index (χ0v) is 37.7. The summed E-state index contributed by atoms with van der Waals surface area (Å²) in [6.07, 6.45) is 0. The second kappa shape index (κ2) is 16.9. The highest BCUT2D eigenvalue weighted by Gasteiger charge is 2.17. The van der Waals surface area contributed by atoms with Gasteiger partial charge in [0.15, 0.2) is 0 Å². The number of hydrogen-bond donors (Lipinski definition) is 0. The molecule has 0 aliphatic carbocycles. The molecular formula is C66H44N2O. The van der Waals surface area contributed by atoms with Gasteiger partial charge in [-0.1, -0.05) is 194 Å². The minimum Gasteiger partial charge on any atom is -0.456 e. The lowest BCUT2D eigenvalue weighted by molar-refractivity contribution is 0.669. The van der Waals surface area contributed by atoms with Gasteiger partial charge >= 0.3 is 0 Å². The minimum absolute atomic E-state index is 0.897. The molecule has 0 atom stereocenters. The zero-order valence-electron chi connectivity index (χ0n) is 37.7. The van der Waals surface area contributed by atoms with E-state index in [1.54, 1.807) is 0 Å². The van der Waals surface area contributed by atoms with Gasteiger partial charge in [0.05, 0.1) is 11.0 Å². The molecule has 13 aromatic rings. The Morgan fingerprint density at radius 3 is 1.12 bits per heavy atom. The fourth-order valence-electron chi connectivity index (χ4n) is 10.2. The van der Waals surface area contributed by atoms with Gasteiger partial charge < -0.3 is 13.9 Å². The van der Waals surface area contributed by atoms with Crippen molar-refractivity contribution in [3.63, 3.8) is 0 Å². The summed E-state index contributed by atoms with van der Waals surface area (Å²) in [5.74, 6) is 0. The average molecular weight is 881 g/mol. The summed E-state index contributed by atoms with van der Waals surface area (Å²) >= 11 is 0. The second-order valence-electron chi connectivity index (χ2n) is 17.7. The first-order valence-electron chi connectivity index (χ1n) is 23.6. The topological polar surface area (TPSA) is 21.3 Å². The van der Waals surface area contributed by atoms with Crippen LogP contribution in [0, 0.1) is 0 Å². The first-order valence-corrected chi connectivity index (χ1v) is 23.6. The average Bonchev–Trinajstić information content (AvgIpc) is 3.98. The summed E-state index contributed by atoms with van der Waals surface area (Å²) in [5, 5.41) is 4.81. The summed E-state index contributed by atoms with van der Waals surface area (Å²) in [6, 6.07) is 96.0. The monoisotopic (exact) mass is 880 g/mol. The lowest BCUT2D eigenvalue weighted by Gasteiger charge is -2.26. The number of hydrogen-bond acceptors (Lipinski definition) is 2. The van der Waals surface area contributed by atoms with Crippen LogP contribution < -0.4 is 4.90 Å². The molecular weight excluding hydrogens is 837 g/mol. The number of aromatic nitrogens is 1. The minimum atomic E-state index is 0.897. The number of fused-ring (bicyclic) bond motifs is 6. The Morgan fingerprint density at radius 1 is 0.261 bits per heavy atom. The van der Waals surface area contributed by atoms with Crippen LogP contribution in [0.3, 0.4) is 0 Å². The van der Waals surface area contributed by atoms with E-state index in [4.69, 9.17) is 4.42 Å². The molecule has 3 nitrogen and oxygen atoms in total. The summed E-state index contributed by atoms with van der Waals surface area (Å²) in [4.78, 5) is 2.34. The van der Waals surface area contributed by atoms with E-state index in [1.807, 2.05) is 12.1 Å². The van der Waals surface area contributed by atoms with Crippen molar-refractivity contribution in [1.82, 2.24) is 4.57 Å². The van der Waals surface area contributed by atoms with Crippen molar-refractivity contribution in [3.05, 3.63) is 267 Å². The molecule has 0 radical (unpaired) electrons. The summed E-state index contributed by atoms with van der Waals surface area (Å²) < 4.78 is 8.62. The summed E-state index contributed by atoms with van der Waals surface area (Å²) in [7, 11) is 0. The molecule has 0 unspecified atom stereocenters. The molecule has 69 heavy (non-hydrogen) atoms. The first-order chi connectivity index (χ1) is 34.2. The fraction of sp³-hybridized carbons (Fsp3) is 0. The normalized spacial score (nSPS) is 11.5. The summed E-state index contributed by atoms with van der Waals surface area (Å²) in [5.41, 5.74) is 20.4. The fourth-order valence-corrected chi connectivity index (χ4v) is 10.2. The first kappa shape index (κ1) is 40.1. The van der Waals surface area contributed by atoms with Crippen LogP contribution in [0.2, 0.25) is 0 Å². The van der Waals surface area contributed by atoms with Gasteiger partial charge in [0.1, 0.15) is 11.2 Å². The van der Waals surface area contributed by atoms with E-state index >= 15 is 0 Å². The SMILES string of the molecule is c1ccc(-c2ccc(-c3ccc(N(c4ccc(-c5ccc(-c6ccc(-n7c8ccccc8c8ccccc87)cc6)cc5)cc4)c4ccc(-c5cccc6oc7ccccc7c56)cc4)cc3)cc2)cc1. The van der Waals surface area contributed by atoms with Crippen molar-refractivity contribution >= 4 is 60.8 Å². The van der Waals surface area contributed by atoms with Crippen LogP contribution >= 0.6 is 0 Å². The van der Waals surface area contributed by atoms with Crippen molar-refractivity contribution in [1.29, 1.82) is 0 Å². The highest BCUT2D eigenvalue weighted by Crippen LogP contribution is 2.41. The Kier molecular flexibility index (Phi) is 9.84. The van der Waals surface area contributed by atoms with Crippen molar-refractivity contribution in [2.24, 2.45) is 0 Å². The van der Waals surface area contributed by atoms with Gasteiger partial charge in [-0.15, -0.1) is 0 Å². The number of benzene rings is 11. The van der Waals surface area contributed by atoms with E-state index in [2.05, 4.69) is 264 Å². The lowest BCUT2D eigenvalue weighted by Crippen LogP contribution is -2.09. The van der Waals surface area contributed by atoms with Crippen LogP contribution in [0.5, 0.6) is 0 Å². The molecule has 3 heteroatoms. The molecule has 0 N–H and O–H groups in total. The van der Waals surface area contributed by atoms with E-state index in [1.165, 1.54) is 60.8 Å². The van der Waals surface area contributed by atoms with Crippen LogP contribution in [0.1, 0.15) is 0 Å². The lowest BCUT2D eigenvalue weighted by atomic mass is 9.98. The highest BCUT2D eigenvalue weighted by atomic mass is 16.3. The summed E-state index contributed by atoms with van der Waals surface area (Å²) in [6.45, 7) is 0. The largest absolute Gasteiger partial charge is 0.456 e. The van der Waals surface area contributed by atoms with Crippen LogP contribution in [-0.2, 0) is 0 Å². The number of anilines is 3. The van der Waals surface area contributed by atoms with Crippen molar-refractivity contribution < 1.29 is 4.42 Å². The van der Waals surface area contributed by atoms with Crippen molar-refractivity contribution in [2.45, 2.75) is 0 Å². The van der Waals surface area contributed by atoms with Gasteiger partial charge in [-0.2, -0.15) is 0 Å². The van der Waals surface area contributed by atoms with Crippen molar-refractivity contribution in [2.75, 3.05) is 4.90 Å². The molecule has 0 saturated heterocycles. The number of rotatable bonds is 9. The third-order valence-corrected chi connectivity index (χ3v) is 13.7. The Hall–Kier alpha value is -9.18. The van der Waals surface area contributed by atoms with Gasteiger partial charge in [-0.3, -0.25) is 0 Å². The number of nitrogens with zero attached hydrogens (tertiary/aromatic N) is 2. The predicted molar refractivity (Wildman–Crippen MR) is 290 cm³/mol. The van der Waals surface area contributed by atoms with Crippen molar-refractivity contribution in [3.8, 4) is 61.3 Å². The maximum Gasteiger partial charge on any atom is 0.136 e. The molecule has 0 saturated carbocycles. The Morgan fingerprint density at radius 2 is 0.623 bits per heavy atom. The predicted octanol–water partition coefficient (Wildman–Crippen LogP) is 18.5. The van der Waals surface area contributed by atoms with Gasteiger partial charge in [0.25, 0.3) is 0 Å². The Labute approximate surface area is 401 Å². The number of para-hydroxylation sites is 3. The van der Waals surface area contributed by atoms with Gasteiger partial charge in [0, 0.05) is 44.3 Å².